The summed E-state index contributed by atoms with van der Waals surface area (Å²) in [6, 6.07) is 1.05. The predicted octanol–water partition coefficient (Wildman–Crippen LogP) is 1.70. The van der Waals surface area contributed by atoms with E-state index in [2.05, 4.69) is 5.32 Å². The van der Waals surface area contributed by atoms with Crippen molar-refractivity contribution in [2.45, 2.75) is 19.9 Å². The monoisotopic (exact) mass is 245 g/mol. The fourth-order valence-corrected chi connectivity index (χ4v) is 1.22. The van der Waals surface area contributed by atoms with E-state index in [4.69, 9.17) is 0 Å². The van der Waals surface area contributed by atoms with Crippen molar-refractivity contribution in [3.63, 3.8) is 0 Å². The van der Waals surface area contributed by atoms with Gasteiger partial charge in [-0.05, 0) is 6.92 Å². The normalized spacial score (nSPS) is 10.1. The van der Waals surface area contributed by atoms with Gasteiger partial charge in [-0.3, -0.25) is 9.59 Å². The predicted molar refractivity (Wildman–Crippen MR) is 53.5 cm³/mol. The highest BCUT2D eigenvalue weighted by molar-refractivity contribution is 5.96. The largest absolute Gasteiger partial charge is 0.351 e. The maximum absolute atomic E-state index is 13.1. The van der Waals surface area contributed by atoms with Crippen molar-refractivity contribution >= 4 is 11.7 Å². The molecule has 92 valence electrons. The van der Waals surface area contributed by atoms with Crippen LogP contribution in [0.3, 0.4) is 0 Å². The van der Waals surface area contributed by atoms with Crippen molar-refractivity contribution in [2.75, 3.05) is 0 Å². The highest BCUT2D eigenvalue weighted by Gasteiger charge is 2.13. The molecule has 6 heteroatoms. The lowest BCUT2D eigenvalue weighted by molar-refractivity contribution is -0.127. The molecule has 0 fully saturated rings. The van der Waals surface area contributed by atoms with Crippen LogP contribution in [-0.2, 0) is 16.1 Å². The summed E-state index contributed by atoms with van der Waals surface area (Å²) in [5.74, 6) is -4.18. The maximum Gasteiger partial charge on any atom is 0.227 e. The number of carbonyl (C=O) groups excluding carboxylic acids is 2. The molecule has 0 spiro atoms. The van der Waals surface area contributed by atoms with E-state index in [-0.39, 0.29) is 12.2 Å². The quantitative estimate of drug-likeness (QED) is 0.820. The molecule has 0 saturated carbocycles. The summed E-state index contributed by atoms with van der Waals surface area (Å²) in [6.07, 6.45) is -0.357. The molecule has 1 aromatic rings. The van der Waals surface area contributed by atoms with Gasteiger partial charge in [-0.15, -0.1) is 0 Å². The fourth-order valence-electron chi connectivity index (χ4n) is 1.22. The SMILES string of the molecule is CC(=O)CC(=O)NCc1c(F)cc(F)cc1F. The molecular weight excluding hydrogens is 235 g/mol. The van der Waals surface area contributed by atoms with Crippen molar-refractivity contribution in [3.8, 4) is 0 Å². The lowest BCUT2D eigenvalue weighted by Crippen LogP contribution is -2.25. The molecule has 1 aromatic carbocycles. The van der Waals surface area contributed by atoms with Crippen LogP contribution in [0.2, 0.25) is 0 Å². The van der Waals surface area contributed by atoms with Crippen LogP contribution >= 0.6 is 0 Å². The zero-order chi connectivity index (χ0) is 13.0. The summed E-state index contributed by atoms with van der Waals surface area (Å²) in [7, 11) is 0. The fraction of sp³-hybridized carbons (Fsp3) is 0.273. The van der Waals surface area contributed by atoms with Crippen LogP contribution < -0.4 is 5.32 Å². The second kappa shape index (κ2) is 5.47. The number of hydrogen-bond acceptors (Lipinski definition) is 2. The number of nitrogens with one attached hydrogen (secondary N) is 1. The van der Waals surface area contributed by atoms with Crippen molar-refractivity contribution in [1.82, 2.24) is 5.32 Å². The molecule has 1 amide bonds. The molecule has 0 aliphatic heterocycles. The number of amides is 1. The Bertz CT molecular complexity index is 437. The molecule has 0 aromatic heterocycles. The third-order valence-corrected chi connectivity index (χ3v) is 1.98. The van der Waals surface area contributed by atoms with E-state index in [1.54, 1.807) is 0 Å². The minimum atomic E-state index is -1.08. The van der Waals surface area contributed by atoms with Gasteiger partial charge in [-0.25, -0.2) is 13.2 Å². The Morgan fingerprint density at radius 3 is 2.18 bits per heavy atom. The molecule has 17 heavy (non-hydrogen) atoms. The first kappa shape index (κ1) is 13.2. The molecule has 0 saturated heterocycles. The number of halogens is 3. The maximum atomic E-state index is 13.1. The van der Waals surface area contributed by atoms with Gasteiger partial charge in [-0.2, -0.15) is 0 Å². The topological polar surface area (TPSA) is 46.2 Å². The van der Waals surface area contributed by atoms with Gasteiger partial charge in [0.2, 0.25) is 5.91 Å². The molecule has 0 radical (unpaired) electrons. The lowest BCUT2D eigenvalue weighted by atomic mass is 10.2. The van der Waals surface area contributed by atoms with Gasteiger partial charge in [0.05, 0.1) is 6.42 Å². The van der Waals surface area contributed by atoms with E-state index < -0.39 is 35.5 Å². The third-order valence-electron chi connectivity index (χ3n) is 1.98. The van der Waals surface area contributed by atoms with Gasteiger partial charge >= 0.3 is 0 Å². The molecule has 0 aliphatic carbocycles. The van der Waals surface area contributed by atoms with E-state index in [0.29, 0.717) is 12.1 Å². The minimum Gasteiger partial charge on any atom is -0.351 e. The molecule has 0 unspecified atom stereocenters. The van der Waals surface area contributed by atoms with E-state index in [1.165, 1.54) is 6.92 Å². The Balaban J connectivity index is 2.70. The Morgan fingerprint density at radius 1 is 1.18 bits per heavy atom. The van der Waals surface area contributed by atoms with E-state index >= 15 is 0 Å². The number of benzene rings is 1. The van der Waals surface area contributed by atoms with Crippen LogP contribution in [-0.4, -0.2) is 11.7 Å². The van der Waals surface area contributed by atoms with Crippen molar-refractivity contribution in [1.29, 1.82) is 0 Å². The van der Waals surface area contributed by atoms with Crippen LogP contribution in [0.4, 0.5) is 13.2 Å². The summed E-state index contributed by atoms with van der Waals surface area (Å²) in [6.45, 7) is 0.794. The van der Waals surface area contributed by atoms with Gasteiger partial charge in [0, 0.05) is 24.2 Å². The lowest BCUT2D eigenvalue weighted by Gasteiger charge is -2.06. The highest BCUT2D eigenvalue weighted by Crippen LogP contribution is 2.14. The van der Waals surface area contributed by atoms with Gasteiger partial charge in [0.15, 0.2) is 0 Å². The number of ketones is 1. The Hall–Kier alpha value is -1.85. The summed E-state index contributed by atoms with van der Waals surface area (Å²) in [5, 5.41) is 2.17. The van der Waals surface area contributed by atoms with Crippen molar-refractivity contribution in [2.24, 2.45) is 0 Å². The molecule has 3 nitrogen and oxygen atoms in total. The number of carbonyl (C=O) groups is 2. The van der Waals surface area contributed by atoms with Gasteiger partial charge in [0.25, 0.3) is 0 Å². The number of hydrogen-bond donors (Lipinski definition) is 1. The van der Waals surface area contributed by atoms with Gasteiger partial charge in [-0.1, -0.05) is 0 Å². The molecule has 0 heterocycles. The van der Waals surface area contributed by atoms with E-state index in [0.717, 1.165) is 0 Å². The van der Waals surface area contributed by atoms with Crippen LogP contribution in [0.15, 0.2) is 12.1 Å². The first-order chi connectivity index (χ1) is 7.90. The molecule has 1 N–H and O–H groups in total. The highest BCUT2D eigenvalue weighted by atomic mass is 19.1. The smallest absolute Gasteiger partial charge is 0.227 e. The standard InChI is InChI=1S/C11H10F3NO2/c1-6(16)2-11(17)15-5-8-9(13)3-7(12)4-10(8)14/h3-4H,2,5H2,1H3,(H,15,17). The van der Waals surface area contributed by atoms with Gasteiger partial charge in [0.1, 0.15) is 23.2 Å². The zero-order valence-electron chi connectivity index (χ0n) is 9.02. The Labute approximate surface area is 95.6 Å². The number of Topliss-reactive ketones (excluding diaryl/α,β-unsaturated/α-hetero) is 1. The average Bonchev–Trinajstić information content (AvgIpc) is 2.14. The Kier molecular flexibility index (Phi) is 4.25. The second-order valence-corrected chi connectivity index (χ2v) is 3.50. The molecule has 1 rings (SSSR count). The van der Waals surface area contributed by atoms with E-state index in [1.807, 2.05) is 0 Å². The van der Waals surface area contributed by atoms with Crippen LogP contribution in [0.1, 0.15) is 18.9 Å². The van der Waals surface area contributed by atoms with Crippen molar-refractivity contribution < 1.29 is 22.8 Å². The first-order valence-electron chi connectivity index (χ1n) is 4.79. The van der Waals surface area contributed by atoms with E-state index in [9.17, 15) is 22.8 Å². The van der Waals surface area contributed by atoms with Gasteiger partial charge < -0.3 is 5.32 Å². The molecule has 0 bridgehead atoms. The first-order valence-corrected chi connectivity index (χ1v) is 4.79. The van der Waals surface area contributed by atoms with Crippen molar-refractivity contribution in [3.05, 3.63) is 35.1 Å². The second-order valence-electron chi connectivity index (χ2n) is 3.50. The number of rotatable bonds is 4. The summed E-state index contributed by atoms with van der Waals surface area (Å²) < 4.78 is 38.8. The van der Waals surface area contributed by atoms with Crippen LogP contribution in [0.5, 0.6) is 0 Å². The molecule has 0 aliphatic rings. The van der Waals surface area contributed by atoms with Crippen LogP contribution in [0.25, 0.3) is 0 Å². The minimum absolute atomic E-state index is 0.357. The molecular formula is C11H10F3NO2. The summed E-state index contributed by atoms with van der Waals surface area (Å²) in [4.78, 5) is 21.7. The summed E-state index contributed by atoms with van der Waals surface area (Å²) >= 11 is 0. The van der Waals surface area contributed by atoms with Crippen LogP contribution in [0, 0.1) is 17.5 Å². The third kappa shape index (κ3) is 3.90. The zero-order valence-corrected chi connectivity index (χ0v) is 9.02. The average molecular weight is 245 g/mol. The summed E-state index contributed by atoms with van der Waals surface area (Å²) in [5.41, 5.74) is -0.441. The Morgan fingerprint density at radius 2 is 1.71 bits per heavy atom. The molecule has 0 atom stereocenters.